The molecule has 1 amide bonds. The molecule has 2 aromatic rings. The molecule has 0 bridgehead atoms. The first-order valence-electron chi connectivity index (χ1n) is 8.40. The number of aryl methyl sites for hydroxylation is 1. The third-order valence-corrected chi connectivity index (χ3v) is 3.73. The number of carbonyl (C=O) groups is 1. The van der Waals surface area contributed by atoms with Crippen molar-refractivity contribution in [1.82, 2.24) is 10.6 Å². The van der Waals surface area contributed by atoms with Crippen LogP contribution in [0, 0.1) is 0 Å². The average Bonchev–Trinajstić information content (AvgIpc) is 2.60. The molecule has 132 valence electrons. The Bertz CT molecular complexity index is 685. The van der Waals surface area contributed by atoms with E-state index in [0.29, 0.717) is 24.5 Å². The van der Waals surface area contributed by atoms with Crippen LogP contribution in [0.2, 0.25) is 0 Å². The van der Waals surface area contributed by atoms with Crippen molar-refractivity contribution in [1.29, 1.82) is 0 Å². The largest absolute Gasteiger partial charge is 0.491 e. The van der Waals surface area contributed by atoms with Crippen molar-refractivity contribution < 1.29 is 9.53 Å². The van der Waals surface area contributed by atoms with Gasteiger partial charge in [0.2, 0.25) is 5.91 Å². The molecule has 0 heterocycles. The summed E-state index contributed by atoms with van der Waals surface area (Å²) in [7, 11) is 0. The number of hydrogen-bond donors (Lipinski definition) is 2. The molecule has 0 unspecified atom stereocenters. The standard InChI is InChI=1S/C20H24N2O2S/c1-15(2)24-18-11-8-17(9-12-18)14-21-20(25)22-19(23)13-10-16-6-4-3-5-7-16/h3-9,11-12,15H,10,13-14H2,1-2H3,(H2,21,22,23,25). The molecule has 0 saturated heterocycles. The van der Waals surface area contributed by atoms with Crippen molar-refractivity contribution in [3.8, 4) is 5.75 Å². The maximum atomic E-state index is 11.9. The molecule has 0 aliphatic rings. The van der Waals surface area contributed by atoms with Crippen LogP contribution >= 0.6 is 12.2 Å². The van der Waals surface area contributed by atoms with Crippen molar-refractivity contribution in [2.75, 3.05) is 0 Å². The van der Waals surface area contributed by atoms with Crippen LogP contribution in [0.4, 0.5) is 0 Å². The highest BCUT2D eigenvalue weighted by molar-refractivity contribution is 7.80. The summed E-state index contributed by atoms with van der Waals surface area (Å²) in [6, 6.07) is 17.7. The highest BCUT2D eigenvalue weighted by Crippen LogP contribution is 2.13. The molecule has 4 nitrogen and oxygen atoms in total. The summed E-state index contributed by atoms with van der Waals surface area (Å²) in [4.78, 5) is 11.9. The zero-order valence-corrected chi connectivity index (χ0v) is 15.4. The molecule has 2 aromatic carbocycles. The Morgan fingerprint density at radius 2 is 1.72 bits per heavy atom. The fourth-order valence-corrected chi connectivity index (χ4v) is 2.46. The number of amides is 1. The maximum absolute atomic E-state index is 11.9. The van der Waals surface area contributed by atoms with E-state index in [2.05, 4.69) is 10.6 Å². The number of hydrogen-bond acceptors (Lipinski definition) is 3. The Kier molecular flexibility index (Phi) is 7.41. The van der Waals surface area contributed by atoms with Gasteiger partial charge in [-0.2, -0.15) is 0 Å². The molecule has 0 aliphatic heterocycles. The van der Waals surface area contributed by atoms with Gasteiger partial charge < -0.3 is 15.4 Å². The molecule has 0 atom stereocenters. The number of carbonyl (C=O) groups excluding carboxylic acids is 1. The molecule has 0 aromatic heterocycles. The zero-order chi connectivity index (χ0) is 18.1. The van der Waals surface area contributed by atoms with Crippen LogP contribution in [0.25, 0.3) is 0 Å². The highest BCUT2D eigenvalue weighted by atomic mass is 32.1. The second-order valence-electron chi connectivity index (χ2n) is 6.03. The topological polar surface area (TPSA) is 50.4 Å². The molecule has 5 heteroatoms. The number of nitrogens with one attached hydrogen (secondary N) is 2. The summed E-state index contributed by atoms with van der Waals surface area (Å²) in [5.74, 6) is 0.762. The summed E-state index contributed by atoms with van der Waals surface area (Å²) in [5.41, 5.74) is 2.21. The molecule has 2 N–H and O–H groups in total. The van der Waals surface area contributed by atoms with Gasteiger partial charge >= 0.3 is 0 Å². The minimum atomic E-state index is -0.0814. The van der Waals surface area contributed by atoms with Gasteiger partial charge in [-0.05, 0) is 55.7 Å². The van der Waals surface area contributed by atoms with Crippen LogP contribution in [0.3, 0.4) is 0 Å². The Hall–Kier alpha value is -2.40. The van der Waals surface area contributed by atoms with Crippen molar-refractivity contribution in [3.05, 3.63) is 65.7 Å². The Morgan fingerprint density at radius 1 is 1.04 bits per heavy atom. The lowest BCUT2D eigenvalue weighted by Crippen LogP contribution is -2.38. The van der Waals surface area contributed by atoms with Gasteiger partial charge in [0.25, 0.3) is 0 Å². The van der Waals surface area contributed by atoms with Crippen LogP contribution in [0.15, 0.2) is 54.6 Å². The summed E-state index contributed by atoms with van der Waals surface area (Å²) >= 11 is 5.18. The van der Waals surface area contributed by atoms with Crippen LogP contribution in [-0.2, 0) is 17.8 Å². The van der Waals surface area contributed by atoms with Crippen molar-refractivity contribution in [2.24, 2.45) is 0 Å². The van der Waals surface area contributed by atoms with Gasteiger partial charge in [0.15, 0.2) is 5.11 Å². The minimum absolute atomic E-state index is 0.0814. The van der Waals surface area contributed by atoms with Crippen LogP contribution < -0.4 is 15.4 Å². The maximum Gasteiger partial charge on any atom is 0.226 e. The van der Waals surface area contributed by atoms with Gasteiger partial charge in [0.1, 0.15) is 5.75 Å². The van der Waals surface area contributed by atoms with E-state index in [0.717, 1.165) is 16.9 Å². The Morgan fingerprint density at radius 3 is 2.36 bits per heavy atom. The van der Waals surface area contributed by atoms with Crippen LogP contribution in [-0.4, -0.2) is 17.1 Å². The Balaban J connectivity index is 1.70. The molecule has 2 rings (SSSR count). The predicted molar refractivity (Wildman–Crippen MR) is 105 cm³/mol. The SMILES string of the molecule is CC(C)Oc1ccc(CNC(=S)NC(=O)CCc2ccccc2)cc1. The summed E-state index contributed by atoms with van der Waals surface area (Å²) in [6.07, 6.45) is 1.27. The van der Waals surface area contributed by atoms with Gasteiger partial charge in [-0.25, -0.2) is 0 Å². The van der Waals surface area contributed by atoms with E-state index in [1.54, 1.807) is 0 Å². The van der Waals surface area contributed by atoms with Gasteiger partial charge in [-0.15, -0.1) is 0 Å². The van der Waals surface area contributed by atoms with E-state index >= 15 is 0 Å². The third-order valence-electron chi connectivity index (χ3n) is 3.48. The van der Waals surface area contributed by atoms with E-state index in [4.69, 9.17) is 17.0 Å². The molecule has 0 spiro atoms. The first-order chi connectivity index (χ1) is 12.0. The number of ether oxygens (including phenoxy) is 1. The quantitative estimate of drug-likeness (QED) is 0.744. The molecule has 0 aliphatic carbocycles. The summed E-state index contributed by atoms with van der Waals surface area (Å²) in [5, 5.41) is 6.11. The smallest absolute Gasteiger partial charge is 0.226 e. The van der Waals surface area contributed by atoms with Crippen LogP contribution in [0.1, 0.15) is 31.4 Å². The number of thiocarbonyl (C=S) groups is 1. The van der Waals surface area contributed by atoms with E-state index in [9.17, 15) is 4.79 Å². The van der Waals surface area contributed by atoms with E-state index in [-0.39, 0.29) is 12.0 Å². The van der Waals surface area contributed by atoms with Gasteiger partial charge in [0.05, 0.1) is 6.10 Å². The third kappa shape index (κ3) is 7.35. The van der Waals surface area contributed by atoms with Gasteiger partial charge in [-0.1, -0.05) is 42.5 Å². The normalized spacial score (nSPS) is 10.4. The van der Waals surface area contributed by atoms with Gasteiger partial charge in [-0.3, -0.25) is 4.79 Å². The molecule has 0 fully saturated rings. The lowest BCUT2D eigenvalue weighted by molar-refractivity contribution is -0.119. The number of rotatable bonds is 7. The highest BCUT2D eigenvalue weighted by Gasteiger charge is 2.05. The van der Waals surface area contributed by atoms with E-state index in [1.165, 1.54) is 0 Å². The molecular weight excluding hydrogens is 332 g/mol. The average molecular weight is 356 g/mol. The monoisotopic (exact) mass is 356 g/mol. The van der Waals surface area contributed by atoms with Crippen molar-refractivity contribution >= 4 is 23.2 Å². The first-order valence-corrected chi connectivity index (χ1v) is 8.81. The van der Waals surface area contributed by atoms with Crippen molar-refractivity contribution in [2.45, 2.75) is 39.3 Å². The predicted octanol–water partition coefficient (Wildman–Crippen LogP) is 3.60. The molecule has 0 radical (unpaired) electrons. The van der Waals surface area contributed by atoms with E-state index < -0.39 is 0 Å². The molecule has 25 heavy (non-hydrogen) atoms. The second kappa shape index (κ2) is 9.79. The molecule has 0 saturated carbocycles. The lowest BCUT2D eigenvalue weighted by Gasteiger charge is -2.12. The van der Waals surface area contributed by atoms with Crippen molar-refractivity contribution in [3.63, 3.8) is 0 Å². The first kappa shape index (κ1) is 18.9. The van der Waals surface area contributed by atoms with Gasteiger partial charge in [0, 0.05) is 13.0 Å². The Labute approximate surface area is 154 Å². The molecular formula is C20H24N2O2S. The fourth-order valence-electron chi connectivity index (χ4n) is 2.28. The fraction of sp³-hybridized carbons (Fsp3) is 0.300. The summed E-state index contributed by atoms with van der Waals surface area (Å²) < 4.78 is 5.61. The number of benzene rings is 2. The lowest BCUT2D eigenvalue weighted by atomic mass is 10.1. The van der Waals surface area contributed by atoms with Crippen LogP contribution in [0.5, 0.6) is 5.75 Å². The minimum Gasteiger partial charge on any atom is -0.491 e. The summed E-state index contributed by atoms with van der Waals surface area (Å²) in [6.45, 7) is 4.54. The second-order valence-corrected chi connectivity index (χ2v) is 6.44. The zero-order valence-electron chi connectivity index (χ0n) is 14.6. The van der Waals surface area contributed by atoms with E-state index in [1.807, 2.05) is 68.4 Å².